The summed E-state index contributed by atoms with van der Waals surface area (Å²) >= 11 is 0. The Labute approximate surface area is 192 Å². The Hall–Kier alpha value is -3.88. The number of nitrogens with one attached hydrogen (secondary N) is 1. The summed E-state index contributed by atoms with van der Waals surface area (Å²) in [6.07, 6.45) is 0.729. The van der Waals surface area contributed by atoms with Crippen LogP contribution < -0.4 is 14.8 Å². The van der Waals surface area contributed by atoms with E-state index in [1.807, 2.05) is 63.2 Å². The molecule has 0 aliphatic carbocycles. The normalized spacial score (nSPS) is 15.0. The number of esters is 1. The van der Waals surface area contributed by atoms with Crippen molar-refractivity contribution in [3.63, 3.8) is 0 Å². The van der Waals surface area contributed by atoms with Crippen LogP contribution in [0.15, 0.2) is 53.7 Å². The largest absolute Gasteiger partial charge is 0.493 e. The van der Waals surface area contributed by atoms with E-state index in [0.29, 0.717) is 41.9 Å². The maximum absolute atomic E-state index is 12.9. The molecule has 0 fully saturated rings. The summed E-state index contributed by atoms with van der Waals surface area (Å²) in [4.78, 5) is 12.9. The van der Waals surface area contributed by atoms with Crippen molar-refractivity contribution in [3.05, 3.63) is 70.4 Å². The number of tetrazole rings is 1. The van der Waals surface area contributed by atoms with Crippen LogP contribution in [0.1, 0.15) is 43.0 Å². The van der Waals surface area contributed by atoms with Crippen LogP contribution in [0, 0.1) is 6.92 Å². The molecule has 0 spiro atoms. The number of aryl methyl sites for hydroxylation is 1. The first-order valence-corrected chi connectivity index (χ1v) is 10.8. The summed E-state index contributed by atoms with van der Waals surface area (Å²) in [5.74, 6) is 1.19. The van der Waals surface area contributed by atoms with E-state index >= 15 is 0 Å². The van der Waals surface area contributed by atoms with E-state index in [1.165, 1.54) is 5.56 Å². The summed E-state index contributed by atoms with van der Waals surface area (Å²) in [6.45, 7) is 6.55. The summed E-state index contributed by atoms with van der Waals surface area (Å²) in [7, 11) is 1.58. The maximum Gasteiger partial charge on any atom is 0.338 e. The molecular formula is C24H27N5O4. The number of aromatic nitrogens is 4. The highest BCUT2D eigenvalue weighted by atomic mass is 16.5. The van der Waals surface area contributed by atoms with Crippen LogP contribution in [-0.4, -0.2) is 39.9 Å². The van der Waals surface area contributed by atoms with E-state index in [1.54, 1.807) is 11.8 Å². The second-order valence-corrected chi connectivity index (χ2v) is 7.83. The molecule has 0 saturated heterocycles. The molecule has 4 rings (SSSR count). The Kier molecular flexibility index (Phi) is 6.58. The van der Waals surface area contributed by atoms with Crippen molar-refractivity contribution >= 4 is 11.9 Å². The monoisotopic (exact) mass is 449 g/mol. The topological polar surface area (TPSA) is 100 Å². The molecule has 9 heteroatoms. The lowest BCUT2D eigenvalue weighted by atomic mass is 9.95. The third kappa shape index (κ3) is 4.67. The molecule has 1 aliphatic heterocycles. The number of carbonyl (C=O) groups excluding carboxylic acids is 1. The van der Waals surface area contributed by atoms with Crippen LogP contribution in [0.25, 0.3) is 0 Å². The van der Waals surface area contributed by atoms with Gasteiger partial charge < -0.3 is 19.5 Å². The Bertz CT molecular complexity index is 1170. The first kappa shape index (κ1) is 22.3. The lowest BCUT2D eigenvalue weighted by molar-refractivity contribution is -0.139. The molecule has 9 nitrogen and oxygen atoms in total. The number of ether oxygens (including phenoxy) is 3. The van der Waals surface area contributed by atoms with Crippen molar-refractivity contribution in [1.29, 1.82) is 0 Å². The fourth-order valence-electron chi connectivity index (χ4n) is 3.68. The van der Waals surface area contributed by atoms with Gasteiger partial charge in [-0.05, 0) is 54.0 Å². The van der Waals surface area contributed by atoms with E-state index in [0.717, 1.165) is 17.5 Å². The van der Waals surface area contributed by atoms with E-state index in [4.69, 9.17) is 14.2 Å². The minimum Gasteiger partial charge on any atom is -0.493 e. The Morgan fingerprint density at radius 2 is 1.91 bits per heavy atom. The number of anilines is 1. The van der Waals surface area contributed by atoms with Gasteiger partial charge in [-0.2, -0.15) is 4.68 Å². The number of hydrogen-bond donors (Lipinski definition) is 1. The molecule has 3 aromatic rings. The first-order valence-electron chi connectivity index (χ1n) is 10.8. The van der Waals surface area contributed by atoms with Crippen molar-refractivity contribution in [2.75, 3.05) is 19.0 Å². The van der Waals surface area contributed by atoms with Gasteiger partial charge in [0, 0.05) is 5.70 Å². The third-order valence-corrected chi connectivity index (χ3v) is 5.39. The molecular weight excluding hydrogens is 422 g/mol. The highest BCUT2D eigenvalue weighted by molar-refractivity contribution is 5.92. The SMILES string of the molecule is CCCOC(=O)C1=C(C)Nc2nnnn2C1c1ccc(OCc2ccc(C)cc2)c(OC)c1. The van der Waals surface area contributed by atoms with Crippen molar-refractivity contribution in [3.8, 4) is 11.5 Å². The fraction of sp³-hybridized carbons (Fsp3) is 0.333. The number of allylic oxidation sites excluding steroid dienone is 1. The lowest BCUT2D eigenvalue weighted by Crippen LogP contribution is -2.29. The summed E-state index contributed by atoms with van der Waals surface area (Å²) < 4.78 is 18.6. The van der Waals surface area contributed by atoms with E-state index < -0.39 is 12.0 Å². The van der Waals surface area contributed by atoms with Crippen molar-refractivity contribution in [2.24, 2.45) is 0 Å². The van der Waals surface area contributed by atoms with E-state index in [9.17, 15) is 4.79 Å². The number of nitrogens with zero attached hydrogens (tertiary/aromatic N) is 4. The average Bonchev–Trinajstić information content (AvgIpc) is 3.29. The summed E-state index contributed by atoms with van der Waals surface area (Å²) in [5.41, 5.74) is 4.11. The Balaban J connectivity index is 1.66. The van der Waals surface area contributed by atoms with Gasteiger partial charge in [0.2, 0.25) is 5.95 Å². The maximum atomic E-state index is 12.9. The quantitative estimate of drug-likeness (QED) is 0.518. The van der Waals surface area contributed by atoms with Gasteiger partial charge in [0.15, 0.2) is 11.5 Å². The second-order valence-electron chi connectivity index (χ2n) is 7.83. The Morgan fingerprint density at radius 3 is 2.64 bits per heavy atom. The van der Waals surface area contributed by atoms with Crippen LogP contribution in [-0.2, 0) is 16.1 Å². The minimum atomic E-state index is -0.569. The molecule has 172 valence electrons. The predicted octanol–water partition coefficient (Wildman–Crippen LogP) is 3.81. The molecule has 2 aromatic carbocycles. The molecule has 0 amide bonds. The van der Waals surface area contributed by atoms with Gasteiger partial charge in [-0.1, -0.05) is 47.9 Å². The molecule has 1 aliphatic rings. The molecule has 1 atom stereocenters. The summed E-state index contributed by atoms with van der Waals surface area (Å²) in [6, 6.07) is 13.2. The zero-order valence-corrected chi connectivity index (χ0v) is 19.2. The van der Waals surface area contributed by atoms with Crippen molar-refractivity contribution < 1.29 is 19.0 Å². The third-order valence-electron chi connectivity index (χ3n) is 5.39. The lowest BCUT2D eigenvalue weighted by Gasteiger charge is -2.27. The van der Waals surface area contributed by atoms with Crippen molar-refractivity contribution in [2.45, 2.75) is 39.8 Å². The van der Waals surface area contributed by atoms with E-state index in [2.05, 4.69) is 20.8 Å². The zero-order valence-electron chi connectivity index (χ0n) is 19.2. The predicted molar refractivity (Wildman–Crippen MR) is 122 cm³/mol. The molecule has 1 N–H and O–H groups in total. The standard InChI is InChI=1S/C24H27N5O4/c1-5-12-32-23(30)21-16(3)25-24-26-27-28-29(24)22(21)18-10-11-19(20(13-18)31-4)33-14-17-8-6-15(2)7-9-17/h6-11,13,22H,5,12,14H2,1-4H3,(H,25,26,28). The van der Waals surface area contributed by atoms with Crippen LogP contribution in [0.3, 0.4) is 0 Å². The molecule has 0 bridgehead atoms. The van der Waals surface area contributed by atoms with Gasteiger partial charge in [-0.25, -0.2) is 4.79 Å². The van der Waals surface area contributed by atoms with Crippen molar-refractivity contribution in [1.82, 2.24) is 20.2 Å². The van der Waals surface area contributed by atoms with Crippen LogP contribution in [0.2, 0.25) is 0 Å². The van der Waals surface area contributed by atoms with Crippen LogP contribution in [0.4, 0.5) is 5.95 Å². The number of carbonyl (C=O) groups is 1. The highest BCUT2D eigenvalue weighted by Gasteiger charge is 2.35. The number of benzene rings is 2. The number of fused-ring (bicyclic) bond motifs is 1. The number of methoxy groups -OCH3 is 1. The fourth-order valence-corrected chi connectivity index (χ4v) is 3.68. The van der Waals surface area contributed by atoms with Gasteiger partial charge in [0.25, 0.3) is 0 Å². The molecule has 33 heavy (non-hydrogen) atoms. The van der Waals surface area contributed by atoms with Gasteiger partial charge in [0.1, 0.15) is 12.6 Å². The molecule has 2 heterocycles. The smallest absolute Gasteiger partial charge is 0.338 e. The molecule has 0 radical (unpaired) electrons. The minimum absolute atomic E-state index is 0.333. The molecule has 0 saturated carbocycles. The Morgan fingerprint density at radius 1 is 1.12 bits per heavy atom. The highest BCUT2D eigenvalue weighted by Crippen LogP contribution is 2.38. The second kappa shape index (κ2) is 9.72. The van der Waals surface area contributed by atoms with Gasteiger partial charge in [0.05, 0.1) is 19.3 Å². The van der Waals surface area contributed by atoms with Gasteiger partial charge >= 0.3 is 5.97 Å². The van der Waals surface area contributed by atoms with Crippen LogP contribution >= 0.6 is 0 Å². The van der Waals surface area contributed by atoms with Crippen LogP contribution in [0.5, 0.6) is 11.5 Å². The van der Waals surface area contributed by atoms with E-state index in [-0.39, 0.29) is 0 Å². The number of hydrogen-bond acceptors (Lipinski definition) is 8. The molecule has 1 aromatic heterocycles. The van der Waals surface area contributed by atoms with Gasteiger partial charge in [-0.3, -0.25) is 0 Å². The van der Waals surface area contributed by atoms with Gasteiger partial charge in [-0.15, -0.1) is 0 Å². The average molecular weight is 450 g/mol. The zero-order chi connectivity index (χ0) is 23.4. The summed E-state index contributed by atoms with van der Waals surface area (Å²) in [5, 5.41) is 15.0. The first-order chi connectivity index (χ1) is 16.0. The molecule has 1 unspecified atom stereocenters. The number of rotatable bonds is 8.